The topological polar surface area (TPSA) is 58.2 Å². The van der Waals surface area contributed by atoms with E-state index in [4.69, 9.17) is 0 Å². The number of nitrogens with one attached hydrogen (secondary N) is 2. The molecule has 0 unspecified atom stereocenters. The molecular formula is C14H15FN2O2S. The maximum absolute atomic E-state index is 13.2. The summed E-state index contributed by atoms with van der Waals surface area (Å²) in [6, 6.07) is 10.4. The standard InChI is InChI=1S/C14H15FN2O2S/c1-10-9-12(5-8-14(10)15)17-20(18,19)13-6-3-11(16-2)4-7-13/h3-9,16-17H,1-2H3. The maximum Gasteiger partial charge on any atom is 0.261 e. The van der Waals surface area contributed by atoms with Gasteiger partial charge in [0.05, 0.1) is 4.90 Å². The molecule has 0 saturated carbocycles. The lowest BCUT2D eigenvalue weighted by atomic mass is 10.2. The number of halogens is 1. The Bertz CT molecular complexity index is 712. The first-order chi connectivity index (χ1) is 9.42. The van der Waals surface area contributed by atoms with Gasteiger partial charge in [-0.1, -0.05) is 0 Å². The molecule has 0 aliphatic heterocycles. The zero-order valence-corrected chi connectivity index (χ0v) is 12.0. The minimum atomic E-state index is -3.67. The Kier molecular flexibility index (Phi) is 3.94. The van der Waals surface area contributed by atoms with Crippen molar-refractivity contribution < 1.29 is 12.8 Å². The second-order valence-electron chi connectivity index (χ2n) is 4.34. The molecule has 6 heteroatoms. The van der Waals surface area contributed by atoms with Crippen LogP contribution in [0.15, 0.2) is 47.4 Å². The molecule has 4 nitrogen and oxygen atoms in total. The van der Waals surface area contributed by atoms with E-state index in [1.54, 1.807) is 26.1 Å². The summed E-state index contributed by atoms with van der Waals surface area (Å²) in [6.45, 7) is 1.58. The summed E-state index contributed by atoms with van der Waals surface area (Å²) >= 11 is 0. The molecule has 20 heavy (non-hydrogen) atoms. The van der Waals surface area contributed by atoms with Gasteiger partial charge in [-0.25, -0.2) is 12.8 Å². The van der Waals surface area contributed by atoms with Crippen LogP contribution >= 0.6 is 0 Å². The monoisotopic (exact) mass is 294 g/mol. The van der Waals surface area contributed by atoms with Crippen molar-refractivity contribution in [2.45, 2.75) is 11.8 Å². The average Bonchev–Trinajstić information content (AvgIpc) is 2.43. The summed E-state index contributed by atoms with van der Waals surface area (Å²) in [7, 11) is -1.92. The molecule has 106 valence electrons. The van der Waals surface area contributed by atoms with E-state index in [2.05, 4.69) is 10.0 Å². The van der Waals surface area contributed by atoms with E-state index in [-0.39, 0.29) is 10.7 Å². The third-order valence-electron chi connectivity index (χ3n) is 2.86. The minimum absolute atomic E-state index is 0.151. The molecule has 0 radical (unpaired) electrons. The van der Waals surface area contributed by atoms with E-state index >= 15 is 0 Å². The van der Waals surface area contributed by atoms with Gasteiger partial charge in [0.25, 0.3) is 10.0 Å². The number of benzene rings is 2. The number of hydrogen-bond donors (Lipinski definition) is 2. The van der Waals surface area contributed by atoms with Crippen molar-refractivity contribution in [2.24, 2.45) is 0 Å². The summed E-state index contributed by atoms with van der Waals surface area (Å²) in [5.41, 5.74) is 1.54. The van der Waals surface area contributed by atoms with E-state index in [1.807, 2.05) is 0 Å². The lowest BCUT2D eigenvalue weighted by Crippen LogP contribution is -2.13. The van der Waals surface area contributed by atoms with Crippen LogP contribution in [-0.4, -0.2) is 15.5 Å². The van der Waals surface area contributed by atoms with Gasteiger partial charge in [0, 0.05) is 18.4 Å². The van der Waals surface area contributed by atoms with Gasteiger partial charge in [0.1, 0.15) is 5.82 Å². The molecule has 0 amide bonds. The van der Waals surface area contributed by atoms with Crippen molar-refractivity contribution >= 4 is 21.4 Å². The second kappa shape index (κ2) is 5.50. The summed E-state index contributed by atoms with van der Waals surface area (Å²) in [6.07, 6.45) is 0. The highest BCUT2D eigenvalue weighted by molar-refractivity contribution is 7.92. The molecule has 0 saturated heterocycles. The fraction of sp³-hybridized carbons (Fsp3) is 0.143. The maximum atomic E-state index is 13.2. The Labute approximate surface area is 117 Å². The van der Waals surface area contributed by atoms with E-state index in [9.17, 15) is 12.8 Å². The molecular weight excluding hydrogens is 279 g/mol. The van der Waals surface area contributed by atoms with Gasteiger partial charge in [-0.3, -0.25) is 4.72 Å². The Morgan fingerprint density at radius 1 is 1.00 bits per heavy atom. The van der Waals surface area contributed by atoms with Crippen LogP contribution in [0.5, 0.6) is 0 Å². The van der Waals surface area contributed by atoms with Crippen LogP contribution < -0.4 is 10.0 Å². The van der Waals surface area contributed by atoms with Gasteiger partial charge in [-0.2, -0.15) is 0 Å². The van der Waals surface area contributed by atoms with Crippen LogP contribution in [0, 0.1) is 12.7 Å². The number of rotatable bonds is 4. The molecule has 0 bridgehead atoms. The molecule has 0 fully saturated rings. The molecule has 2 N–H and O–H groups in total. The summed E-state index contributed by atoms with van der Waals surface area (Å²) in [4.78, 5) is 0.151. The highest BCUT2D eigenvalue weighted by Crippen LogP contribution is 2.19. The fourth-order valence-electron chi connectivity index (χ4n) is 1.72. The van der Waals surface area contributed by atoms with Gasteiger partial charge in [-0.15, -0.1) is 0 Å². The smallest absolute Gasteiger partial charge is 0.261 e. The van der Waals surface area contributed by atoms with Crippen molar-refractivity contribution in [3.8, 4) is 0 Å². The molecule has 0 aromatic heterocycles. The minimum Gasteiger partial charge on any atom is -0.388 e. The van der Waals surface area contributed by atoms with E-state index in [0.29, 0.717) is 11.3 Å². The molecule has 0 aliphatic rings. The summed E-state index contributed by atoms with van der Waals surface area (Å²) in [5, 5.41) is 2.91. The summed E-state index contributed by atoms with van der Waals surface area (Å²) < 4.78 is 39.9. The van der Waals surface area contributed by atoms with E-state index in [1.165, 1.54) is 30.3 Å². The van der Waals surface area contributed by atoms with Crippen LogP contribution in [0.2, 0.25) is 0 Å². The van der Waals surface area contributed by atoms with Gasteiger partial charge < -0.3 is 5.32 Å². The zero-order valence-electron chi connectivity index (χ0n) is 11.1. The normalized spacial score (nSPS) is 11.2. The number of hydrogen-bond acceptors (Lipinski definition) is 3. The van der Waals surface area contributed by atoms with E-state index < -0.39 is 10.0 Å². The lowest BCUT2D eigenvalue weighted by molar-refractivity contribution is 0.601. The first kappa shape index (κ1) is 14.3. The van der Waals surface area contributed by atoms with E-state index in [0.717, 1.165) is 5.69 Å². The molecule has 0 spiro atoms. The Morgan fingerprint density at radius 3 is 2.15 bits per heavy atom. The Morgan fingerprint density at radius 2 is 1.60 bits per heavy atom. The van der Waals surface area contributed by atoms with Gasteiger partial charge in [0.2, 0.25) is 0 Å². The Balaban J connectivity index is 2.27. The molecule has 2 rings (SSSR count). The fourth-order valence-corrected chi connectivity index (χ4v) is 2.77. The highest BCUT2D eigenvalue weighted by Gasteiger charge is 2.14. The van der Waals surface area contributed by atoms with Crippen LogP contribution in [0.1, 0.15) is 5.56 Å². The van der Waals surface area contributed by atoms with Crippen LogP contribution in [0.25, 0.3) is 0 Å². The predicted octanol–water partition coefficient (Wildman–Crippen LogP) is 2.98. The summed E-state index contributed by atoms with van der Waals surface area (Å²) in [5.74, 6) is -0.369. The first-order valence-electron chi connectivity index (χ1n) is 5.99. The van der Waals surface area contributed by atoms with Gasteiger partial charge in [-0.05, 0) is 55.0 Å². The number of aryl methyl sites for hydroxylation is 1. The zero-order chi connectivity index (χ0) is 14.8. The average molecular weight is 294 g/mol. The van der Waals surface area contributed by atoms with Gasteiger partial charge >= 0.3 is 0 Å². The van der Waals surface area contributed by atoms with Crippen LogP contribution in [-0.2, 0) is 10.0 Å². The van der Waals surface area contributed by atoms with Crippen molar-refractivity contribution in [3.63, 3.8) is 0 Å². The molecule has 0 atom stereocenters. The first-order valence-corrected chi connectivity index (χ1v) is 7.47. The largest absolute Gasteiger partial charge is 0.388 e. The third kappa shape index (κ3) is 3.08. The van der Waals surface area contributed by atoms with Crippen molar-refractivity contribution in [1.82, 2.24) is 0 Å². The SMILES string of the molecule is CNc1ccc(S(=O)(=O)Nc2ccc(F)c(C)c2)cc1. The molecule has 2 aromatic rings. The lowest BCUT2D eigenvalue weighted by Gasteiger charge is -2.09. The molecule has 0 heterocycles. The second-order valence-corrected chi connectivity index (χ2v) is 6.03. The third-order valence-corrected chi connectivity index (χ3v) is 4.26. The van der Waals surface area contributed by atoms with Crippen LogP contribution in [0.3, 0.4) is 0 Å². The van der Waals surface area contributed by atoms with Crippen molar-refractivity contribution in [2.75, 3.05) is 17.1 Å². The van der Waals surface area contributed by atoms with Crippen molar-refractivity contribution in [1.29, 1.82) is 0 Å². The predicted molar refractivity (Wildman–Crippen MR) is 77.9 cm³/mol. The quantitative estimate of drug-likeness (QED) is 0.911. The highest BCUT2D eigenvalue weighted by atomic mass is 32.2. The number of anilines is 2. The van der Waals surface area contributed by atoms with Crippen LogP contribution in [0.4, 0.5) is 15.8 Å². The molecule has 0 aliphatic carbocycles. The Hall–Kier alpha value is -2.08. The number of sulfonamides is 1. The van der Waals surface area contributed by atoms with Crippen molar-refractivity contribution in [3.05, 3.63) is 53.8 Å². The molecule has 2 aromatic carbocycles. The van der Waals surface area contributed by atoms with Gasteiger partial charge in [0.15, 0.2) is 0 Å².